The Balaban J connectivity index is 0.00000176. The number of carbonyl (C=O) groups is 2. The number of rotatable bonds is 8. The summed E-state index contributed by atoms with van der Waals surface area (Å²) in [6.07, 6.45) is 1.57. The molecule has 7 heteroatoms. The van der Waals surface area contributed by atoms with Crippen LogP contribution < -0.4 is 10.6 Å². The number of likely N-dealkylation sites (tertiary alicyclic amines) is 1. The third-order valence-electron chi connectivity index (χ3n) is 4.98. The first kappa shape index (κ1) is 25.5. The van der Waals surface area contributed by atoms with Crippen molar-refractivity contribution in [3.63, 3.8) is 0 Å². The summed E-state index contributed by atoms with van der Waals surface area (Å²) in [7, 11) is 1.74. The lowest BCUT2D eigenvalue weighted by atomic mass is 10.2. The molecule has 2 aromatic rings. The van der Waals surface area contributed by atoms with Crippen molar-refractivity contribution in [2.45, 2.75) is 39.3 Å². The van der Waals surface area contributed by atoms with Gasteiger partial charge >= 0.3 is 0 Å². The van der Waals surface area contributed by atoms with E-state index in [9.17, 15) is 9.59 Å². The van der Waals surface area contributed by atoms with Crippen molar-refractivity contribution in [3.05, 3.63) is 66.2 Å². The van der Waals surface area contributed by atoms with Crippen molar-refractivity contribution < 1.29 is 9.59 Å². The average Bonchev–Trinajstić information content (AvgIpc) is 3.35. The predicted molar refractivity (Wildman–Crippen MR) is 135 cm³/mol. The number of amides is 2. The number of aliphatic imine (C=N–C) groups is 1. The number of hydrogen-bond acceptors (Lipinski definition) is 4. The molecule has 0 aliphatic carbocycles. The van der Waals surface area contributed by atoms with Crippen LogP contribution in [-0.4, -0.2) is 53.7 Å². The number of hydrogen-bond donors (Lipinski definition) is 2. The monoisotopic (exact) mass is 454 g/mol. The van der Waals surface area contributed by atoms with E-state index < -0.39 is 0 Å². The van der Waals surface area contributed by atoms with E-state index in [1.54, 1.807) is 11.9 Å². The van der Waals surface area contributed by atoms with E-state index in [4.69, 9.17) is 0 Å². The van der Waals surface area contributed by atoms with Gasteiger partial charge in [0.2, 0.25) is 11.8 Å². The number of carbonyl (C=O) groups excluding carboxylic acids is 2. The summed E-state index contributed by atoms with van der Waals surface area (Å²) in [5, 5.41) is 6.24. The fraction of sp³-hybridized carbons (Fsp3) is 0.400. The number of para-hydroxylation sites is 1. The molecule has 0 bridgehead atoms. The van der Waals surface area contributed by atoms with Crippen molar-refractivity contribution in [3.8, 4) is 0 Å². The molecule has 172 valence electrons. The SMILES string of the molecule is CC.CN=C(CSCC(=O)N1CCC[C@H]1C(=O)NCc1ccccc1)Nc1ccccc1. The molecule has 2 amide bonds. The van der Waals surface area contributed by atoms with Gasteiger partial charge in [-0.2, -0.15) is 0 Å². The average molecular weight is 455 g/mol. The van der Waals surface area contributed by atoms with Crippen LogP contribution in [0.1, 0.15) is 32.3 Å². The van der Waals surface area contributed by atoms with Gasteiger partial charge in [0.1, 0.15) is 11.9 Å². The Labute approximate surface area is 195 Å². The maximum Gasteiger partial charge on any atom is 0.243 e. The molecule has 2 aromatic carbocycles. The van der Waals surface area contributed by atoms with Crippen molar-refractivity contribution in [1.29, 1.82) is 0 Å². The Morgan fingerprint density at radius 3 is 2.34 bits per heavy atom. The molecule has 0 saturated carbocycles. The summed E-state index contributed by atoms with van der Waals surface area (Å²) >= 11 is 1.51. The van der Waals surface area contributed by atoms with Crippen molar-refractivity contribution in [2.24, 2.45) is 4.99 Å². The molecule has 2 N–H and O–H groups in total. The quantitative estimate of drug-likeness (QED) is 0.463. The number of nitrogens with zero attached hydrogens (tertiary/aromatic N) is 2. The number of nitrogens with one attached hydrogen (secondary N) is 2. The van der Waals surface area contributed by atoms with Crippen LogP contribution in [0.2, 0.25) is 0 Å². The van der Waals surface area contributed by atoms with E-state index >= 15 is 0 Å². The Morgan fingerprint density at radius 1 is 1.03 bits per heavy atom. The minimum atomic E-state index is -0.372. The molecule has 1 aliphatic rings. The van der Waals surface area contributed by atoms with Gasteiger partial charge in [-0.05, 0) is 30.5 Å². The summed E-state index contributed by atoms with van der Waals surface area (Å²) in [5.74, 6) is 1.69. The van der Waals surface area contributed by atoms with Gasteiger partial charge in [-0.15, -0.1) is 11.8 Å². The second-order valence-corrected chi connectivity index (χ2v) is 8.09. The summed E-state index contributed by atoms with van der Waals surface area (Å²) in [6.45, 7) is 5.12. The highest BCUT2D eigenvalue weighted by Gasteiger charge is 2.33. The van der Waals surface area contributed by atoms with Gasteiger partial charge in [0.25, 0.3) is 0 Å². The highest BCUT2D eigenvalue weighted by molar-refractivity contribution is 8.00. The van der Waals surface area contributed by atoms with Gasteiger partial charge in [0.05, 0.1) is 11.5 Å². The van der Waals surface area contributed by atoms with Crippen LogP contribution in [0, 0.1) is 0 Å². The van der Waals surface area contributed by atoms with Crippen LogP contribution in [0.5, 0.6) is 0 Å². The number of anilines is 1. The maximum absolute atomic E-state index is 12.7. The third-order valence-corrected chi connectivity index (χ3v) is 5.91. The van der Waals surface area contributed by atoms with Gasteiger partial charge in [-0.25, -0.2) is 0 Å². The van der Waals surface area contributed by atoms with Gasteiger partial charge in [-0.1, -0.05) is 62.4 Å². The molecular formula is C25H34N4O2S. The molecular weight excluding hydrogens is 420 g/mol. The van der Waals surface area contributed by atoms with E-state index in [1.165, 1.54) is 11.8 Å². The van der Waals surface area contributed by atoms with Gasteiger partial charge < -0.3 is 15.5 Å². The topological polar surface area (TPSA) is 73.8 Å². The van der Waals surface area contributed by atoms with Crippen molar-refractivity contribution in [1.82, 2.24) is 10.2 Å². The second kappa shape index (κ2) is 14.3. The van der Waals surface area contributed by atoms with Crippen molar-refractivity contribution in [2.75, 3.05) is 30.4 Å². The summed E-state index contributed by atoms with van der Waals surface area (Å²) in [6, 6.07) is 19.3. The molecule has 1 aliphatic heterocycles. The first-order chi connectivity index (χ1) is 15.7. The molecule has 1 saturated heterocycles. The van der Waals surface area contributed by atoms with Crippen LogP contribution in [0.3, 0.4) is 0 Å². The predicted octanol–water partition coefficient (Wildman–Crippen LogP) is 4.19. The summed E-state index contributed by atoms with van der Waals surface area (Å²) in [5.41, 5.74) is 2.02. The van der Waals surface area contributed by atoms with Gasteiger partial charge in [0.15, 0.2) is 0 Å². The summed E-state index contributed by atoms with van der Waals surface area (Å²) < 4.78 is 0. The lowest BCUT2D eigenvalue weighted by molar-refractivity contribution is -0.136. The summed E-state index contributed by atoms with van der Waals surface area (Å²) in [4.78, 5) is 31.3. The Hall–Kier alpha value is -2.80. The molecule has 6 nitrogen and oxygen atoms in total. The zero-order valence-corrected chi connectivity index (χ0v) is 20.0. The Morgan fingerprint density at radius 2 is 1.69 bits per heavy atom. The fourth-order valence-electron chi connectivity index (χ4n) is 3.40. The molecule has 3 rings (SSSR count). The van der Waals surface area contributed by atoms with Crippen LogP contribution in [0.25, 0.3) is 0 Å². The Kier molecular flexibility index (Phi) is 11.4. The molecule has 0 spiro atoms. The molecule has 32 heavy (non-hydrogen) atoms. The minimum absolute atomic E-state index is 0.00697. The lowest BCUT2D eigenvalue weighted by Gasteiger charge is -2.24. The number of benzene rings is 2. The molecule has 0 radical (unpaired) electrons. The van der Waals surface area contributed by atoms with E-state index in [0.29, 0.717) is 31.0 Å². The minimum Gasteiger partial charge on any atom is -0.350 e. The molecule has 1 fully saturated rings. The third kappa shape index (κ3) is 8.04. The van der Waals surface area contributed by atoms with Crippen LogP contribution in [0.15, 0.2) is 65.7 Å². The largest absolute Gasteiger partial charge is 0.350 e. The molecule has 0 unspecified atom stereocenters. The van der Waals surface area contributed by atoms with Crippen LogP contribution >= 0.6 is 11.8 Å². The van der Waals surface area contributed by atoms with E-state index in [-0.39, 0.29) is 17.9 Å². The first-order valence-corrected chi connectivity index (χ1v) is 12.3. The standard InChI is InChI=1S/C23H28N4O2S.C2H6/c1-24-21(26-19-11-6-3-7-12-19)16-30-17-22(28)27-14-8-13-20(27)23(29)25-15-18-9-4-2-5-10-18;1-2/h2-7,9-12,20H,8,13-17H2,1H3,(H,24,26)(H,25,29);1-2H3/t20-;/m0./s1. The molecule has 1 heterocycles. The Bertz CT molecular complexity index is 859. The lowest BCUT2D eigenvalue weighted by Crippen LogP contribution is -2.46. The highest BCUT2D eigenvalue weighted by atomic mass is 32.2. The van der Waals surface area contributed by atoms with E-state index in [2.05, 4.69) is 15.6 Å². The van der Waals surface area contributed by atoms with Crippen LogP contribution in [-0.2, 0) is 16.1 Å². The van der Waals surface area contributed by atoms with E-state index in [0.717, 1.165) is 23.5 Å². The van der Waals surface area contributed by atoms with Crippen molar-refractivity contribution >= 4 is 35.1 Å². The fourth-order valence-corrected chi connectivity index (χ4v) is 4.24. The number of thioether (sulfide) groups is 1. The van der Waals surface area contributed by atoms with Gasteiger partial charge in [-0.3, -0.25) is 14.6 Å². The second-order valence-electron chi connectivity index (χ2n) is 7.10. The molecule has 0 aromatic heterocycles. The molecule has 1 atom stereocenters. The maximum atomic E-state index is 12.7. The normalized spacial score (nSPS) is 15.5. The van der Waals surface area contributed by atoms with E-state index in [1.807, 2.05) is 74.5 Å². The zero-order chi connectivity index (χ0) is 23.2. The smallest absolute Gasteiger partial charge is 0.243 e. The number of amidine groups is 1. The zero-order valence-electron chi connectivity index (χ0n) is 19.2. The van der Waals surface area contributed by atoms with Gasteiger partial charge in [0, 0.05) is 25.8 Å². The van der Waals surface area contributed by atoms with Crippen LogP contribution in [0.4, 0.5) is 5.69 Å². The first-order valence-electron chi connectivity index (χ1n) is 11.1. The highest BCUT2D eigenvalue weighted by Crippen LogP contribution is 2.19.